The number of nitrogens with one attached hydrogen (secondary N) is 1. The number of carbonyl (C=O) groups is 4. The van der Waals surface area contributed by atoms with Gasteiger partial charge in [0.2, 0.25) is 11.8 Å². The van der Waals surface area contributed by atoms with E-state index in [0.29, 0.717) is 24.1 Å². The monoisotopic (exact) mass is 421 g/mol. The fraction of sp³-hybridized carbons (Fsp3) is 0.333. The molecule has 7 heteroatoms. The van der Waals surface area contributed by atoms with Crippen LogP contribution in [0, 0.1) is 6.92 Å². The normalized spacial score (nSPS) is 13.7. The molecular formula is C24H27N3O4. The Hall–Kier alpha value is -3.48. The Morgan fingerprint density at radius 1 is 1.00 bits per heavy atom. The summed E-state index contributed by atoms with van der Waals surface area (Å²) in [5, 5.41) is 2.59. The molecule has 0 bridgehead atoms. The molecule has 2 aromatic rings. The van der Waals surface area contributed by atoms with Crippen molar-refractivity contribution in [3.8, 4) is 0 Å². The molecule has 162 valence electrons. The van der Waals surface area contributed by atoms with E-state index in [2.05, 4.69) is 5.32 Å². The number of hydrogen-bond donors (Lipinski definition) is 1. The molecule has 31 heavy (non-hydrogen) atoms. The second-order valence-corrected chi connectivity index (χ2v) is 7.65. The van der Waals surface area contributed by atoms with Crippen LogP contribution in [0.1, 0.15) is 51.6 Å². The number of amides is 4. The van der Waals surface area contributed by atoms with Crippen molar-refractivity contribution < 1.29 is 19.2 Å². The lowest BCUT2D eigenvalue weighted by Crippen LogP contribution is -2.47. The van der Waals surface area contributed by atoms with Crippen LogP contribution >= 0.6 is 0 Å². The molecule has 7 nitrogen and oxygen atoms in total. The van der Waals surface area contributed by atoms with E-state index < -0.39 is 6.04 Å². The van der Waals surface area contributed by atoms with E-state index in [0.717, 1.165) is 11.1 Å². The number of imide groups is 1. The molecule has 1 aliphatic heterocycles. The third kappa shape index (κ3) is 4.66. The van der Waals surface area contributed by atoms with Crippen molar-refractivity contribution in [1.29, 1.82) is 0 Å². The minimum Gasteiger partial charge on any atom is -0.357 e. The van der Waals surface area contributed by atoms with Crippen LogP contribution in [0.4, 0.5) is 0 Å². The van der Waals surface area contributed by atoms with Gasteiger partial charge in [-0.1, -0.05) is 36.4 Å². The van der Waals surface area contributed by atoms with Gasteiger partial charge in [0.1, 0.15) is 6.04 Å². The van der Waals surface area contributed by atoms with E-state index >= 15 is 0 Å². The molecular weight excluding hydrogens is 394 g/mol. The van der Waals surface area contributed by atoms with E-state index in [4.69, 9.17) is 0 Å². The van der Waals surface area contributed by atoms with Crippen LogP contribution in [0.2, 0.25) is 0 Å². The lowest BCUT2D eigenvalue weighted by molar-refractivity contribution is -0.140. The van der Waals surface area contributed by atoms with E-state index in [1.54, 1.807) is 36.1 Å². The van der Waals surface area contributed by atoms with Gasteiger partial charge >= 0.3 is 0 Å². The molecule has 0 spiro atoms. The molecule has 1 aliphatic rings. The second kappa shape index (κ2) is 9.55. The highest BCUT2D eigenvalue weighted by Crippen LogP contribution is 2.23. The predicted octanol–water partition coefficient (Wildman–Crippen LogP) is 2.53. The van der Waals surface area contributed by atoms with E-state index in [1.807, 2.05) is 31.2 Å². The van der Waals surface area contributed by atoms with Crippen LogP contribution in [0.3, 0.4) is 0 Å². The number of nitrogens with zero attached hydrogens (tertiary/aromatic N) is 2. The molecule has 2 aromatic carbocycles. The number of benzene rings is 2. The molecule has 0 radical (unpaired) electrons. The van der Waals surface area contributed by atoms with Gasteiger partial charge in [-0.15, -0.1) is 0 Å². The fourth-order valence-corrected chi connectivity index (χ4v) is 3.74. The Labute approximate surface area is 182 Å². The molecule has 0 fully saturated rings. The Morgan fingerprint density at radius 3 is 2.16 bits per heavy atom. The van der Waals surface area contributed by atoms with Crippen LogP contribution in [0.15, 0.2) is 48.5 Å². The molecule has 1 N–H and O–H groups in total. The molecule has 0 aliphatic carbocycles. The molecule has 0 aromatic heterocycles. The van der Waals surface area contributed by atoms with Crippen molar-refractivity contribution in [2.24, 2.45) is 0 Å². The summed E-state index contributed by atoms with van der Waals surface area (Å²) in [5.74, 6) is -1.11. The molecule has 0 saturated carbocycles. The second-order valence-electron chi connectivity index (χ2n) is 7.65. The third-order valence-corrected chi connectivity index (χ3v) is 5.67. The van der Waals surface area contributed by atoms with Crippen molar-refractivity contribution in [3.05, 3.63) is 70.8 Å². The number of aryl methyl sites for hydroxylation is 1. The van der Waals surface area contributed by atoms with Gasteiger partial charge in [-0.25, -0.2) is 0 Å². The van der Waals surface area contributed by atoms with Gasteiger partial charge in [-0.3, -0.25) is 24.1 Å². The van der Waals surface area contributed by atoms with Gasteiger partial charge in [0.25, 0.3) is 11.8 Å². The lowest BCUT2D eigenvalue weighted by Gasteiger charge is -2.29. The van der Waals surface area contributed by atoms with Crippen molar-refractivity contribution in [3.63, 3.8) is 0 Å². The summed E-state index contributed by atoms with van der Waals surface area (Å²) in [6.45, 7) is 4.13. The number of fused-ring (bicyclic) bond motifs is 1. The first kappa shape index (κ1) is 22.2. The number of likely N-dealkylation sites (N-methyl/N-ethyl adjacent to an activating group) is 1. The largest absolute Gasteiger partial charge is 0.357 e. The van der Waals surface area contributed by atoms with Crippen molar-refractivity contribution in [2.45, 2.75) is 39.3 Å². The first-order chi connectivity index (χ1) is 14.8. The SMILES string of the molecule is CNC(=O)C(C)N(Cc1ccccc1C)C(=O)CCCN1C(=O)c2ccccc2C1=O. The van der Waals surface area contributed by atoms with Gasteiger partial charge < -0.3 is 10.2 Å². The average molecular weight is 421 g/mol. The minimum atomic E-state index is -0.642. The van der Waals surface area contributed by atoms with Crippen molar-refractivity contribution in [2.75, 3.05) is 13.6 Å². The fourth-order valence-electron chi connectivity index (χ4n) is 3.74. The Kier molecular flexibility index (Phi) is 6.84. The van der Waals surface area contributed by atoms with Gasteiger partial charge in [0.05, 0.1) is 11.1 Å². The van der Waals surface area contributed by atoms with Gasteiger partial charge in [0, 0.05) is 26.6 Å². The summed E-state index contributed by atoms with van der Waals surface area (Å²) in [5.41, 5.74) is 2.80. The topological polar surface area (TPSA) is 86.8 Å². The predicted molar refractivity (Wildman–Crippen MR) is 116 cm³/mol. The standard InChI is InChI=1S/C24H27N3O4/c1-16-9-4-5-10-18(16)15-27(17(2)22(29)25-3)21(28)13-8-14-26-23(30)19-11-6-7-12-20(19)24(26)31/h4-7,9-12,17H,8,13-15H2,1-3H3,(H,25,29). The maximum Gasteiger partial charge on any atom is 0.261 e. The zero-order chi connectivity index (χ0) is 22.5. The highest BCUT2D eigenvalue weighted by Gasteiger charge is 2.35. The first-order valence-corrected chi connectivity index (χ1v) is 10.4. The quantitative estimate of drug-likeness (QED) is 0.664. The minimum absolute atomic E-state index is 0.126. The summed E-state index contributed by atoms with van der Waals surface area (Å²) >= 11 is 0. The molecule has 1 unspecified atom stereocenters. The Morgan fingerprint density at radius 2 is 1.58 bits per heavy atom. The van der Waals surface area contributed by atoms with Gasteiger partial charge in [0.15, 0.2) is 0 Å². The van der Waals surface area contributed by atoms with Crippen molar-refractivity contribution in [1.82, 2.24) is 15.1 Å². The Balaban J connectivity index is 1.67. The highest BCUT2D eigenvalue weighted by molar-refractivity contribution is 6.21. The summed E-state index contributed by atoms with van der Waals surface area (Å²) in [6, 6.07) is 13.8. The summed E-state index contributed by atoms with van der Waals surface area (Å²) in [7, 11) is 1.54. The van der Waals surface area contributed by atoms with E-state index in [-0.39, 0.29) is 36.6 Å². The van der Waals surface area contributed by atoms with Crippen LogP contribution in [-0.4, -0.2) is 53.1 Å². The van der Waals surface area contributed by atoms with Gasteiger partial charge in [-0.05, 0) is 43.5 Å². The molecule has 1 heterocycles. The number of hydrogen-bond acceptors (Lipinski definition) is 4. The average Bonchev–Trinajstić information content (AvgIpc) is 3.02. The summed E-state index contributed by atoms with van der Waals surface area (Å²) in [6.07, 6.45) is 0.454. The summed E-state index contributed by atoms with van der Waals surface area (Å²) < 4.78 is 0. The molecule has 3 rings (SSSR count). The summed E-state index contributed by atoms with van der Waals surface area (Å²) in [4.78, 5) is 53.0. The zero-order valence-corrected chi connectivity index (χ0v) is 18.1. The number of rotatable bonds is 8. The van der Waals surface area contributed by atoms with E-state index in [9.17, 15) is 19.2 Å². The van der Waals surface area contributed by atoms with Crippen LogP contribution < -0.4 is 5.32 Å². The highest BCUT2D eigenvalue weighted by atomic mass is 16.2. The smallest absolute Gasteiger partial charge is 0.261 e. The maximum atomic E-state index is 13.0. The van der Waals surface area contributed by atoms with Crippen LogP contribution in [0.5, 0.6) is 0 Å². The maximum absolute atomic E-state index is 13.0. The molecule has 4 amide bonds. The van der Waals surface area contributed by atoms with E-state index in [1.165, 1.54) is 11.9 Å². The van der Waals surface area contributed by atoms with Crippen LogP contribution in [0.25, 0.3) is 0 Å². The van der Waals surface area contributed by atoms with Crippen molar-refractivity contribution >= 4 is 23.6 Å². The van der Waals surface area contributed by atoms with Crippen LogP contribution in [-0.2, 0) is 16.1 Å². The number of carbonyl (C=O) groups excluding carboxylic acids is 4. The first-order valence-electron chi connectivity index (χ1n) is 10.4. The molecule has 1 atom stereocenters. The lowest BCUT2D eigenvalue weighted by atomic mass is 10.1. The third-order valence-electron chi connectivity index (χ3n) is 5.67. The molecule has 0 saturated heterocycles. The van der Waals surface area contributed by atoms with Gasteiger partial charge in [-0.2, -0.15) is 0 Å². The zero-order valence-electron chi connectivity index (χ0n) is 18.1. The Bertz CT molecular complexity index is 982.